The number of rotatable bonds is 6. The summed E-state index contributed by atoms with van der Waals surface area (Å²) in [4.78, 5) is 29.4. The second-order valence-electron chi connectivity index (χ2n) is 7.09. The van der Waals surface area contributed by atoms with Crippen LogP contribution in [0.2, 0.25) is 0 Å². The molecule has 0 saturated heterocycles. The van der Waals surface area contributed by atoms with Gasteiger partial charge in [-0.05, 0) is 41.4 Å². The van der Waals surface area contributed by atoms with Gasteiger partial charge in [0.15, 0.2) is 0 Å². The summed E-state index contributed by atoms with van der Waals surface area (Å²) in [5.41, 5.74) is 7.71. The van der Waals surface area contributed by atoms with Crippen molar-refractivity contribution >= 4 is 40.6 Å². The number of aromatic amines is 1. The van der Waals surface area contributed by atoms with Crippen LogP contribution in [0.15, 0.2) is 63.0 Å². The maximum atomic E-state index is 12.8. The van der Waals surface area contributed by atoms with Crippen molar-refractivity contribution < 1.29 is 4.79 Å². The van der Waals surface area contributed by atoms with Crippen molar-refractivity contribution in [3.05, 3.63) is 74.7 Å². The Kier molecular flexibility index (Phi) is 6.50. The van der Waals surface area contributed by atoms with Crippen LogP contribution in [0.5, 0.6) is 0 Å². The normalized spacial score (nSPS) is 11.4. The molecule has 1 amide bonds. The van der Waals surface area contributed by atoms with Gasteiger partial charge in [-0.25, -0.2) is 9.67 Å². The summed E-state index contributed by atoms with van der Waals surface area (Å²) in [6, 6.07) is 16.2. The van der Waals surface area contributed by atoms with E-state index in [1.165, 1.54) is 22.1 Å². The first kappa shape index (κ1) is 22.9. The highest BCUT2D eigenvalue weighted by molar-refractivity contribution is 8.00. The van der Waals surface area contributed by atoms with Gasteiger partial charge >= 0.3 is 0 Å². The molecule has 168 valence electrons. The van der Waals surface area contributed by atoms with Crippen LogP contribution in [0, 0.1) is 22.7 Å². The van der Waals surface area contributed by atoms with Crippen LogP contribution in [-0.2, 0) is 4.79 Å². The number of hydrogen-bond acceptors (Lipinski definition) is 8. The Bertz CT molecular complexity index is 1490. The molecule has 1 unspecified atom stereocenters. The molecule has 11 heteroatoms. The van der Waals surface area contributed by atoms with E-state index < -0.39 is 11.2 Å². The Hall–Kier alpha value is -4.32. The highest BCUT2D eigenvalue weighted by Gasteiger charge is 2.24. The molecule has 0 aliphatic rings. The molecule has 3 aromatic heterocycles. The van der Waals surface area contributed by atoms with E-state index in [1.807, 2.05) is 22.9 Å². The van der Waals surface area contributed by atoms with E-state index in [0.29, 0.717) is 16.8 Å². The number of hydrogen-bond donors (Lipinski definition) is 3. The molecule has 4 rings (SSSR count). The molecule has 3 heterocycles. The summed E-state index contributed by atoms with van der Waals surface area (Å²) in [5, 5.41) is 28.2. The van der Waals surface area contributed by atoms with E-state index in [0.717, 1.165) is 11.8 Å². The molecule has 4 N–H and O–H groups in total. The number of amides is 1. The van der Waals surface area contributed by atoms with Crippen LogP contribution < -0.4 is 16.6 Å². The minimum absolute atomic E-state index is 0.0120. The Labute approximate surface area is 202 Å². The van der Waals surface area contributed by atoms with E-state index in [2.05, 4.69) is 21.5 Å². The van der Waals surface area contributed by atoms with Crippen LogP contribution in [0.4, 0.5) is 11.6 Å². The van der Waals surface area contributed by atoms with Crippen molar-refractivity contribution in [1.29, 1.82) is 10.5 Å². The lowest BCUT2D eigenvalue weighted by Gasteiger charge is -2.15. The maximum Gasteiger partial charge on any atom is 0.273 e. The van der Waals surface area contributed by atoms with E-state index in [1.54, 1.807) is 37.3 Å². The third-order valence-corrected chi connectivity index (χ3v) is 6.65. The average Bonchev–Trinajstić information content (AvgIpc) is 3.49. The zero-order valence-corrected chi connectivity index (χ0v) is 19.4. The third kappa shape index (κ3) is 4.43. The summed E-state index contributed by atoms with van der Waals surface area (Å²) < 4.78 is 1.32. The molecule has 0 spiro atoms. The fraction of sp³-hybridized carbons (Fsp3) is 0.0870. The highest BCUT2D eigenvalue weighted by atomic mass is 32.2. The number of thiophene rings is 1. The number of benzene rings is 1. The van der Waals surface area contributed by atoms with Crippen molar-refractivity contribution in [2.24, 2.45) is 0 Å². The van der Waals surface area contributed by atoms with E-state index in [9.17, 15) is 20.1 Å². The zero-order valence-electron chi connectivity index (χ0n) is 17.8. The lowest BCUT2D eigenvalue weighted by molar-refractivity contribution is -0.115. The van der Waals surface area contributed by atoms with Crippen LogP contribution >= 0.6 is 23.1 Å². The molecule has 0 radical (unpaired) electrons. The van der Waals surface area contributed by atoms with Gasteiger partial charge in [0.1, 0.15) is 34.4 Å². The van der Waals surface area contributed by atoms with Gasteiger partial charge in [-0.15, -0.1) is 0 Å². The molecule has 1 atom stereocenters. The second kappa shape index (κ2) is 9.67. The predicted molar refractivity (Wildman–Crippen MR) is 132 cm³/mol. The van der Waals surface area contributed by atoms with Crippen molar-refractivity contribution in [3.8, 4) is 29.0 Å². The van der Waals surface area contributed by atoms with Crippen LogP contribution in [0.1, 0.15) is 18.1 Å². The first-order chi connectivity index (χ1) is 16.4. The summed E-state index contributed by atoms with van der Waals surface area (Å²) >= 11 is 2.47. The predicted octanol–water partition coefficient (Wildman–Crippen LogP) is 3.73. The molecule has 34 heavy (non-hydrogen) atoms. The van der Waals surface area contributed by atoms with Crippen molar-refractivity contribution in [3.63, 3.8) is 0 Å². The zero-order chi connectivity index (χ0) is 24.2. The fourth-order valence-electron chi connectivity index (χ4n) is 3.26. The molecule has 9 nitrogen and oxygen atoms in total. The minimum atomic E-state index is -0.689. The Morgan fingerprint density at radius 2 is 1.97 bits per heavy atom. The topological polar surface area (TPSA) is 153 Å². The number of nitrogens with two attached hydrogens (primary N) is 1. The van der Waals surface area contributed by atoms with Gasteiger partial charge in [0.2, 0.25) is 5.91 Å². The van der Waals surface area contributed by atoms with E-state index in [-0.39, 0.29) is 33.3 Å². The van der Waals surface area contributed by atoms with Gasteiger partial charge < -0.3 is 11.1 Å². The molecule has 0 fully saturated rings. The number of para-hydroxylation sites is 1. The van der Waals surface area contributed by atoms with Gasteiger partial charge in [0, 0.05) is 11.6 Å². The van der Waals surface area contributed by atoms with Crippen molar-refractivity contribution in [1.82, 2.24) is 14.8 Å². The summed E-state index contributed by atoms with van der Waals surface area (Å²) in [6.45, 7) is 1.65. The molecule has 1 aromatic carbocycles. The first-order valence-electron chi connectivity index (χ1n) is 9.94. The number of H-pyrrole nitrogens is 1. The number of nitrogens with zero attached hydrogens (tertiary/aromatic N) is 4. The SMILES string of the molecule is CC(Sc1nc(N)c(C#N)c(-c2ccsc2)c1C#N)C(=O)Nc1cc(=O)n(-c2ccccc2)[nH]1. The Morgan fingerprint density at radius 1 is 1.24 bits per heavy atom. The Morgan fingerprint density at radius 3 is 2.62 bits per heavy atom. The van der Waals surface area contributed by atoms with Gasteiger partial charge in [-0.2, -0.15) is 21.9 Å². The lowest BCUT2D eigenvalue weighted by Crippen LogP contribution is -2.23. The molecular formula is C23H17N7O2S2. The van der Waals surface area contributed by atoms with Gasteiger partial charge in [0.05, 0.1) is 16.5 Å². The van der Waals surface area contributed by atoms with Crippen LogP contribution in [-0.4, -0.2) is 25.9 Å². The van der Waals surface area contributed by atoms with Gasteiger partial charge in [-0.3, -0.25) is 14.7 Å². The van der Waals surface area contributed by atoms with E-state index >= 15 is 0 Å². The number of carbonyl (C=O) groups is 1. The average molecular weight is 488 g/mol. The van der Waals surface area contributed by atoms with Crippen molar-refractivity contribution in [2.75, 3.05) is 11.1 Å². The molecular weight excluding hydrogens is 470 g/mol. The van der Waals surface area contributed by atoms with E-state index in [4.69, 9.17) is 5.73 Å². The monoisotopic (exact) mass is 487 g/mol. The molecule has 4 aromatic rings. The fourth-order valence-corrected chi connectivity index (χ4v) is 4.83. The quantitative estimate of drug-likeness (QED) is 0.350. The standard InChI is InChI=1S/C23H17N7O2S2/c1-13(22(32)27-18-9-19(31)30(29-18)15-5-3-2-4-6-15)34-23-17(11-25)20(14-7-8-33-12-14)16(10-24)21(26)28-23/h2-9,12-13,29H,1H3,(H2,26,28)(H,27,32). The summed E-state index contributed by atoms with van der Waals surface area (Å²) in [6.07, 6.45) is 0. The second-order valence-corrected chi connectivity index (χ2v) is 9.20. The molecule has 0 saturated carbocycles. The third-order valence-electron chi connectivity index (χ3n) is 4.88. The van der Waals surface area contributed by atoms with Crippen LogP contribution in [0.25, 0.3) is 16.8 Å². The first-order valence-corrected chi connectivity index (χ1v) is 11.8. The number of pyridine rings is 1. The Balaban J connectivity index is 1.60. The van der Waals surface area contributed by atoms with Gasteiger partial charge in [-0.1, -0.05) is 30.0 Å². The number of nitrogen functional groups attached to an aromatic ring is 1. The lowest BCUT2D eigenvalue weighted by atomic mass is 9.99. The number of nitrogens with one attached hydrogen (secondary N) is 2. The molecule has 0 aliphatic carbocycles. The minimum Gasteiger partial charge on any atom is -0.383 e. The highest BCUT2D eigenvalue weighted by Crippen LogP contribution is 2.37. The van der Waals surface area contributed by atoms with Crippen LogP contribution in [0.3, 0.4) is 0 Å². The number of nitriles is 2. The number of aromatic nitrogens is 3. The van der Waals surface area contributed by atoms with Gasteiger partial charge in [0.25, 0.3) is 5.56 Å². The summed E-state index contributed by atoms with van der Waals surface area (Å²) in [5.74, 6) is -0.183. The number of thioether (sulfide) groups is 1. The number of anilines is 2. The molecule has 0 bridgehead atoms. The smallest absolute Gasteiger partial charge is 0.273 e. The van der Waals surface area contributed by atoms with Crippen molar-refractivity contribution in [2.45, 2.75) is 17.2 Å². The molecule has 0 aliphatic heterocycles. The maximum absolute atomic E-state index is 12.8. The number of carbonyl (C=O) groups excluding carboxylic acids is 1. The largest absolute Gasteiger partial charge is 0.383 e. The summed E-state index contributed by atoms with van der Waals surface area (Å²) in [7, 11) is 0.